The summed E-state index contributed by atoms with van der Waals surface area (Å²) in [5, 5.41) is 0.176. The lowest BCUT2D eigenvalue weighted by Gasteiger charge is -2.05. The first-order valence-electron chi connectivity index (χ1n) is 5.97. The van der Waals surface area contributed by atoms with E-state index in [1.165, 1.54) is 11.6 Å². The van der Waals surface area contributed by atoms with E-state index >= 15 is 0 Å². The first-order valence-corrected chi connectivity index (χ1v) is 6.34. The minimum absolute atomic E-state index is 0.176. The Bertz CT molecular complexity index is 892. The summed E-state index contributed by atoms with van der Waals surface area (Å²) in [5.41, 5.74) is 0.560. The van der Waals surface area contributed by atoms with Gasteiger partial charge >= 0.3 is 5.69 Å². The quantitative estimate of drug-likeness (QED) is 0.719. The summed E-state index contributed by atoms with van der Waals surface area (Å²) < 4.78 is 2.86. The number of aromatic amines is 1. The molecule has 1 aromatic carbocycles. The Hall–Kier alpha value is -2.34. The summed E-state index contributed by atoms with van der Waals surface area (Å²) in [6.07, 6.45) is 0. The van der Waals surface area contributed by atoms with E-state index in [1.807, 2.05) is 30.3 Å². The highest BCUT2D eigenvalue weighted by atomic mass is 35.5. The Morgan fingerprint density at radius 1 is 1.25 bits per heavy atom. The monoisotopic (exact) mass is 290 g/mol. The number of rotatable bonds is 2. The summed E-state index contributed by atoms with van der Waals surface area (Å²) in [5.74, 6) is 0. The molecular weight excluding hydrogens is 280 g/mol. The smallest absolute Gasteiger partial charge is 0.304 e. The lowest BCUT2D eigenvalue weighted by molar-refractivity contribution is 0.807. The van der Waals surface area contributed by atoms with Crippen LogP contribution in [0, 0.1) is 0 Å². The van der Waals surface area contributed by atoms with Crippen molar-refractivity contribution in [1.29, 1.82) is 0 Å². The summed E-state index contributed by atoms with van der Waals surface area (Å²) >= 11 is 6.10. The van der Waals surface area contributed by atoms with Gasteiger partial charge in [-0.3, -0.25) is 14.3 Å². The number of fused-ring (bicyclic) bond motifs is 1. The Kier molecular flexibility index (Phi) is 2.94. The summed E-state index contributed by atoms with van der Waals surface area (Å²) in [6.45, 7) is 0.414. The van der Waals surface area contributed by atoms with Crippen LogP contribution in [0.2, 0.25) is 5.28 Å². The molecule has 0 unspecified atom stereocenters. The number of aromatic nitrogens is 4. The number of H-pyrrole nitrogens is 1. The molecule has 2 aromatic heterocycles. The van der Waals surface area contributed by atoms with Crippen LogP contribution in [0.5, 0.6) is 0 Å². The van der Waals surface area contributed by atoms with Crippen LogP contribution in [0.1, 0.15) is 5.56 Å². The van der Waals surface area contributed by atoms with Crippen LogP contribution in [0.4, 0.5) is 0 Å². The maximum Gasteiger partial charge on any atom is 0.329 e. The Balaban J connectivity index is 2.27. The molecule has 20 heavy (non-hydrogen) atoms. The number of imidazole rings is 1. The molecule has 0 saturated heterocycles. The molecule has 0 fully saturated rings. The lowest BCUT2D eigenvalue weighted by atomic mass is 10.2. The predicted octanol–water partition coefficient (Wildman–Crippen LogP) is 1.12. The van der Waals surface area contributed by atoms with Crippen molar-refractivity contribution in [3.63, 3.8) is 0 Å². The molecule has 2 heterocycles. The minimum atomic E-state index is -0.511. The molecule has 0 amide bonds. The maximum atomic E-state index is 12.0. The number of nitrogens with zero attached hydrogens (tertiary/aromatic N) is 3. The molecule has 1 N–H and O–H groups in total. The predicted molar refractivity (Wildman–Crippen MR) is 76.1 cm³/mol. The van der Waals surface area contributed by atoms with E-state index in [4.69, 9.17) is 11.6 Å². The van der Waals surface area contributed by atoms with Gasteiger partial charge < -0.3 is 4.57 Å². The van der Waals surface area contributed by atoms with Gasteiger partial charge in [-0.2, -0.15) is 4.98 Å². The third-order valence-electron chi connectivity index (χ3n) is 3.14. The standard InChI is InChI=1S/C13H11ClN4O2/c1-17-10-9(11(19)16-13(17)20)18(12(14)15-10)7-8-5-3-2-4-6-8/h2-6H,7H2,1H3,(H,16,19,20). The molecule has 102 valence electrons. The van der Waals surface area contributed by atoms with Crippen LogP contribution in [0.3, 0.4) is 0 Å². The zero-order chi connectivity index (χ0) is 14.3. The maximum absolute atomic E-state index is 12.0. The molecular formula is C13H11ClN4O2. The average Bonchev–Trinajstić information content (AvgIpc) is 2.75. The SMILES string of the molecule is Cn1c(=O)[nH]c(=O)c2c1nc(Cl)n2Cc1ccccc1. The lowest BCUT2D eigenvalue weighted by Crippen LogP contribution is -2.29. The van der Waals surface area contributed by atoms with Gasteiger partial charge in [0, 0.05) is 7.05 Å². The van der Waals surface area contributed by atoms with Gasteiger partial charge in [-0.1, -0.05) is 30.3 Å². The molecule has 0 aliphatic rings. The summed E-state index contributed by atoms with van der Waals surface area (Å²) in [7, 11) is 1.54. The van der Waals surface area contributed by atoms with Gasteiger partial charge in [0.25, 0.3) is 5.56 Å². The molecule has 6 nitrogen and oxygen atoms in total. The van der Waals surface area contributed by atoms with Crippen LogP contribution in [-0.2, 0) is 13.6 Å². The first kappa shape index (κ1) is 12.7. The van der Waals surface area contributed by atoms with E-state index in [0.29, 0.717) is 12.1 Å². The van der Waals surface area contributed by atoms with Crippen LogP contribution in [0.15, 0.2) is 39.9 Å². The number of aryl methyl sites for hydroxylation is 1. The molecule has 7 heteroatoms. The number of benzene rings is 1. The number of hydrogen-bond donors (Lipinski definition) is 1. The number of nitrogens with one attached hydrogen (secondary N) is 1. The second-order valence-electron chi connectivity index (χ2n) is 4.44. The molecule has 0 spiro atoms. The van der Waals surface area contributed by atoms with Crippen molar-refractivity contribution in [3.8, 4) is 0 Å². The third-order valence-corrected chi connectivity index (χ3v) is 3.43. The van der Waals surface area contributed by atoms with E-state index in [-0.39, 0.29) is 10.9 Å². The largest absolute Gasteiger partial charge is 0.329 e. The van der Waals surface area contributed by atoms with Crippen molar-refractivity contribution >= 4 is 22.8 Å². The van der Waals surface area contributed by atoms with Gasteiger partial charge in [0.05, 0.1) is 6.54 Å². The van der Waals surface area contributed by atoms with Crippen molar-refractivity contribution in [2.24, 2.45) is 7.05 Å². The third kappa shape index (κ3) is 1.94. The number of hydrogen-bond acceptors (Lipinski definition) is 3. The van der Waals surface area contributed by atoms with Crippen LogP contribution < -0.4 is 11.2 Å². The summed E-state index contributed by atoms with van der Waals surface area (Å²) in [4.78, 5) is 29.9. The zero-order valence-corrected chi connectivity index (χ0v) is 11.4. The van der Waals surface area contributed by atoms with Gasteiger partial charge in [0.2, 0.25) is 5.28 Å². The van der Waals surface area contributed by atoms with E-state index in [9.17, 15) is 9.59 Å². The Labute approximate surface area is 118 Å². The topological polar surface area (TPSA) is 72.7 Å². The first-order chi connectivity index (χ1) is 9.58. The highest BCUT2D eigenvalue weighted by Gasteiger charge is 2.15. The minimum Gasteiger partial charge on any atom is -0.304 e. The van der Waals surface area contributed by atoms with E-state index in [1.54, 1.807) is 4.57 Å². The molecule has 3 rings (SSSR count). The van der Waals surface area contributed by atoms with Crippen molar-refractivity contribution in [1.82, 2.24) is 19.1 Å². The van der Waals surface area contributed by atoms with Crippen molar-refractivity contribution < 1.29 is 0 Å². The van der Waals surface area contributed by atoms with Crippen LogP contribution >= 0.6 is 11.6 Å². The highest BCUT2D eigenvalue weighted by Crippen LogP contribution is 2.17. The van der Waals surface area contributed by atoms with Gasteiger partial charge in [-0.05, 0) is 17.2 Å². The normalized spacial score (nSPS) is 11.1. The van der Waals surface area contributed by atoms with Crippen LogP contribution in [0.25, 0.3) is 11.2 Å². The van der Waals surface area contributed by atoms with Crippen LogP contribution in [-0.4, -0.2) is 19.1 Å². The summed E-state index contributed by atoms with van der Waals surface area (Å²) in [6, 6.07) is 9.58. The zero-order valence-electron chi connectivity index (χ0n) is 10.6. The second kappa shape index (κ2) is 4.64. The van der Waals surface area contributed by atoms with E-state index in [0.717, 1.165) is 5.56 Å². The van der Waals surface area contributed by atoms with Crippen molar-refractivity contribution in [3.05, 3.63) is 62.0 Å². The number of halogens is 1. The fraction of sp³-hybridized carbons (Fsp3) is 0.154. The van der Waals surface area contributed by atoms with Gasteiger partial charge in [0.1, 0.15) is 0 Å². The Morgan fingerprint density at radius 3 is 2.65 bits per heavy atom. The molecule has 0 saturated carbocycles. The van der Waals surface area contributed by atoms with Gasteiger partial charge in [0.15, 0.2) is 11.2 Å². The molecule has 0 aliphatic carbocycles. The van der Waals surface area contributed by atoms with Gasteiger partial charge in [-0.15, -0.1) is 0 Å². The Morgan fingerprint density at radius 2 is 1.95 bits per heavy atom. The van der Waals surface area contributed by atoms with E-state index < -0.39 is 11.2 Å². The average molecular weight is 291 g/mol. The van der Waals surface area contributed by atoms with Crippen molar-refractivity contribution in [2.75, 3.05) is 0 Å². The van der Waals surface area contributed by atoms with Gasteiger partial charge in [-0.25, -0.2) is 4.79 Å². The second-order valence-corrected chi connectivity index (χ2v) is 4.78. The molecule has 0 bridgehead atoms. The van der Waals surface area contributed by atoms with E-state index in [2.05, 4.69) is 9.97 Å². The fourth-order valence-electron chi connectivity index (χ4n) is 2.12. The molecule has 3 aromatic rings. The molecule has 0 radical (unpaired) electrons. The fourth-order valence-corrected chi connectivity index (χ4v) is 2.34. The molecule has 0 atom stereocenters. The molecule has 0 aliphatic heterocycles. The highest BCUT2D eigenvalue weighted by molar-refractivity contribution is 6.29. The van der Waals surface area contributed by atoms with Crippen molar-refractivity contribution in [2.45, 2.75) is 6.54 Å².